The van der Waals surface area contributed by atoms with E-state index in [0.717, 1.165) is 6.16 Å². The summed E-state index contributed by atoms with van der Waals surface area (Å²) in [7, 11) is 11.3. The minimum absolute atomic E-state index is 0.916. The maximum absolute atomic E-state index is 5.63. The van der Waals surface area contributed by atoms with Crippen molar-refractivity contribution in [3.8, 4) is 0 Å². The van der Waals surface area contributed by atoms with Gasteiger partial charge in [0.1, 0.15) is 0 Å². The summed E-state index contributed by atoms with van der Waals surface area (Å²) in [4.78, 5) is 0. The molecule has 0 nitrogen and oxygen atoms in total. The second-order valence-corrected chi connectivity index (χ2v) is 18.3. The van der Waals surface area contributed by atoms with Crippen molar-refractivity contribution >= 4 is 23.2 Å². The van der Waals surface area contributed by atoms with Crippen molar-refractivity contribution in [3.63, 3.8) is 0 Å². The van der Waals surface area contributed by atoms with Gasteiger partial charge in [-0.15, -0.1) is 0 Å². The summed E-state index contributed by atoms with van der Waals surface area (Å²) in [6, 6.07) is 1.25. The van der Waals surface area contributed by atoms with Crippen molar-refractivity contribution in [1.29, 1.82) is 0 Å². The van der Waals surface area contributed by atoms with E-state index in [0.29, 0.717) is 0 Å². The van der Waals surface area contributed by atoms with Gasteiger partial charge in [0.15, 0.2) is 0 Å². The number of halogens is 2. The van der Waals surface area contributed by atoms with E-state index in [-0.39, 0.29) is 0 Å². The standard InChI is InChI=1S/C3H7Si.2ClH.Zr/c1-2-3-4;;;/h2-3H2,1H3;2*1H;/q;;;+2/p-2. The molecule has 0 bridgehead atoms. The van der Waals surface area contributed by atoms with Gasteiger partial charge in [0.25, 0.3) is 0 Å². The molecule has 0 aliphatic rings. The van der Waals surface area contributed by atoms with Crippen LogP contribution in [0.3, 0.4) is 0 Å². The van der Waals surface area contributed by atoms with Gasteiger partial charge in [0.05, 0.1) is 0 Å². The molecule has 0 fully saturated rings. The van der Waals surface area contributed by atoms with Crippen molar-refractivity contribution in [2.45, 2.75) is 19.4 Å². The Balaban J connectivity index is 3.08. The van der Waals surface area contributed by atoms with E-state index in [1.165, 1.54) is 12.5 Å². The summed E-state index contributed by atoms with van der Waals surface area (Å²) in [6.07, 6.45) is 2.15. The fraction of sp³-hybridized carbons (Fsp3) is 1.00. The predicted molar refractivity (Wildman–Crippen MR) is 32.6 cm³/mol. The Hall–Kier alpha value is 1.68. The molecule has 1 radical (unpaired) electrons. The van der Waals surface area contributed by atoms with Gasteiger partial charge in [-0.2, -0.15) is 0 Å². The van der Waals surface area contributed by atoms with Crippen molar-refractivity contribution in [2.75, 3.05) is 0 Å². The fourth-order valence-corrected chi connectivity index (χ4v) is 7.25. The third-order valence-corrected chi connectivity index (χ3v) is 10.1. The molecule has 0 spiro atoms. The summed E-state index contributed by atoms with van der Waals surface area (Å²) < 4.78 is 0. The van der Waals surface area contributed by atoms with Crippen LogP contribution in [0.2, 0.25) is 6.04 Å². The molecular formula is C3H7Cl2SiZr. The Morgan fingerprint density at radius 1 is 1.57 bits per heavy atom. The van der Waals surface area contributed by atoms with Crippen LogP contribution in [0.4, 0.5) is 0 Å². The second-order valence-electron chi connectivity index (χ2n) is 1.19. The Labute approximate surface area is 60.1 Å². The predicted octanol–water partition coefficient (Wildman–Crippen LogP) is 2.36. The van der Waals surface area contributed by atoms with E-state index < -0.39 is 18.0 Å². The van der Waals surface area contributed by atoms with Crippen LogP contribution in [-0.4, -0.2) is 6.16 Å². The average molecular weight is 233 g/mol. The SMILES string of the molecule is CCC[Si]=[Zr]([Cl])[Cl]. The number of rotatable bonds is 2. The summed E-state index contributed by atoms with van der Waals surface area (Å²) in [5.41, 5.74) is 0. The van der Waals surface area contributed by atoms with E-state index in [2.05, 4.69) is 6.92 Å². The molecule has 0 aromatic heterocycles. The molecule has 4 heteroatoms. The molecule has 0 rings (SSSR count). The summed E-state index contributed by atoms with van der Waals surface area (Å²) >= 11 is -1.67. The first-order chi connectivity index (χ1) is 3.27. The Bertz CT molecular complexity index is 69.3. The molecule has 0 amide bonds. The molecular weight excluding hydrogens is 226 g/mol. The van der Waals surface area contributed by atoms with Crippen LogP contribution in [0.5, 0.6) is 0 Å². The minimum atomic E-state index is -1.67. The molecule has 0 saturated carbocycles. The monoisotopic (exact) mass is 231 g/mol. The molecule has 41 valence electrons. The van der Waals surface area contributed by atoms with Gasteiger partial charge in [-0.25, -0.2) is 0 Å². The van der Waals surface area contributed by atoms with E-state index >= 15 is 0 Å². The van der Waals surface area contributed by atoms with Crippen LogP contribution in [0.15, 0.2) is 0 Å². The number of hydrogen-bond donors (Lipinski definition) is 0. The quantitative estimate of drug-likeness (QED) is 0.642. The van der Waals surface area contributed by atoms with Gasteiger partial charge in [-0.3, -0.25) is 0 Å². The van der Waals surface area contributed by atoms with Crippen LogP contribution in [0.25, 0.3) is 0 Å². The molecule has 0 atom stereocenters. The molecule has 7 heavy (non-hydrogen) atoms. The molecule has 0 aliphatic carbocycles. The van der Waals surface area contributed by atoms with Crippen molar-refractivity contribution in [2.24, 2.45) is 0 Å². The van der Waals surface area contributed by atoms with Crippen LogP contribution in [0, 0.1) is 0 Å². The first kappa shape index (κ1) is 8.68. The van der Waals surface area contributed by atoms with E-state index in [4.69, 9.17) is 17.0 Å². The van der Waals surface area contributed by atoms with Crippen molar-refractivity contribution < 1.29 is 18.0 Å². The van der Waals surface area contributed by atoms with Crippen LogP contribution in [-0.2, 0) is 18.0 Å². The zero-order valence-corrected chi connectivity index (χ0v) is 9.14. The van der Waals surface area contributed by atoms with Gasteiger partial charge in [-0.05, 0) is 0 Å². The van der Waals surface area contributed by atoms with Gasteiger partial charge in [-0.1, -0.05) is 0 Å². The maximum atomic E-state index is 5.63. The molecule has 0 aromatic rings. The summed E-state index contributed by atoms with van der Waals surface area (Å²) in [6.45, 7) is 2.16. The fourth-order valence-electron chi connectivity index (χ4n) is 0.219. The average Bonchev–Trinajstić information content (AvgIpc) is 1.61. The van der Waals surface area contributed by atoms with Crippen molar-refractivity contribution in [1.82, 2.24) is 0 Å². The molecule has 0 aromatic carbocycles. The molecule has 0 heterocycles. The second kappa shape index (κ2) is 5.81. The zero-order chi connectivity index (χ0) is 5.70. The van der Waals surface area contributed by atoms with Gasteiger partial charge in [0.2, 0.25) is 0 Å². The van der Waals surface area contributed by atoms with Crippen LogP contribution < -0.4 is 0 Å². The molecule has 0 aliphatic heterocycles. The Kier molecular flexibility index (Phi) is 7.20. The van der Waals surface area contributed by atoms with E-state index in [1.54, 1.807) is 0 Å². The number of hydrogen-bond acceptors (Lipinski definition) is 0. The topological polar surface area (TPSA) is 0 Å². The first-order valence-electron chi connectivity index (χ1n) is 2.19. The third kappa shape index (κ3) is 7.68. The summed E-state index contributed by atoms with van der Waals surface area (Å²) in [5.74, 6) is 0. The van der Waals surface area contributed by atoms with E-state index in [1.807, 2.05) is 0 Å². The van der Waals surface area contributed by atoms with Gasteiger partial charge < -0.3 is 0 Å². The molecule has 0 unspecified atom stereocenters. The van der Waals surface area contributed by atoms with Crippen molar-refractivity contribution in [3.05, 3.63) is 0 Å². The van der Waals surface area contributed by atoms with E-state index in [9.17, 15) is 0 Å². The van der Waals surface area contributed by atoms with Crippen LogP contribution in [0.1, 0.15) is 13.3 Å². The zero-order valence-electron chi connectivity index (χ0n) is 4.17. The molecule has 0 N–H and O–H groups in total. The molecule has 0 saturated heterocycles. The Morgan fingerprint density at radius 2 is 2.14 bits per heavy atom. The first-order valence-corrected chi connectivity index (χ1v) is 13.4. The Morgan fingerprint density at radius 3 is 2.29 bits per heavy atom. The summed E-state index contributed by atoms with van der Waals surface area (Å²) in [5, 5.41) is 0. The normalized spacial score (nSPS) is 8.43. The third-order valence-electron chi connectivity index (χ3n) is 0.509. The van der Waals surface area contributed by atoms with Gasteiger partial charge >= 0.3 is 60.6 Å². The van der Waals surface area contributed by atoms with Gasteiger partial charge in [0, 0.05) is 0 Å². The van der Waals surface area contributed by atoms with Crippen LogP contribution >= 0.6 is 17.0 Å².